The first-order valence-electron chi connectivity index (χ1n) is 22.8. The molecule has 16 nitrogen and oxygen atoms in total. The summed E-state index contributed by atoms with van der Waals surface area (Å²) in [5.41, 5.74) is 12.1. The highest BCUT2D eigenvalue weighted by Gasteiger charge is 2.26. The minimum absolute atomic E-state index is 0.452. The average molecular weight is 977 g/mol. The normalized spacial score (nSPS) is 11.7. The summed E-state index contributed by atoms with van der Waals surface area (Å²) >= 11 is 0. The van der Waals surface area contributed by atoms with Gasteiger partial charge in [-0.1, -0.05) is 0 Å². The fraction of sp³-hybridized carbons (Fsp3) is 0.250. The second-order valence-corrected chi connectivity index (χ2v) is 16.4. The van der Waals surface area contributed by atoms with Crippen molar-refractivity contribution >= 4 is 34.2 Å². The lowest BCUT2D eigenvalue weighted by atomic mass is 9.99. The van der Waals surface area contributed by atoms with Crippen molar-refractivity contribution in [1.82, 2.24) is 19.9 Å². The SMILES string of the molecule is COc1cc(-c2c3nc(c(-c4cc(OC)c(OC)c(OC)c4)c4ccc([nH]4)c(-c4cc(OC)c(OC)c(OC)c4)c4nc(c(-c5cc(OC)c(OC)c(OC)c5)c5ccc2[nH]5)CC4)C=C3)cc(OC)c1OC. The van der Waals surface area contributed by atoms with Crippen molar-refractivity contribution in [3.63, 3.8) is 0 Å². The summed E-state index contributed by atoms with van der Waals surface area (Å²) in [5.74, 6) is 5.67. The molecule has 0 radical (unpaired) electrons. The Balaban J connectivity index is 1.51. The summed E-state index contributed by atoms with van der Waals surface area (Å²) in [6.45, 7) is 0. The first-order valence-corrected chi connectivity index (χ1v) is 22.8. The Bertz CT molecular complexity index is 3110. The van der Waals surface area contributed by atoms with E-state index < -0.39 is 0 Å². The topological polar surface area (TPSA) is 168 Å². The molecule has 16 heteroatoms. The fourth-order valence-corrected chi connectivity index (χ4v) is 9.63. The van der Waals surface area contributed by atoms with Gasteiger partial charge in [-0.15, -0.1) is 0 Å². The number of aromatic amines is 2. The van der Waals surface area contributed by atoms with Crippen LogP contribution in [0.5, 0.6) is 69.0 Å². The highest BCUT2D eigenvalue weighted by atomic mass is 16.5. The van der Waals surface area contributed by atoms with Crippen molar-refractivity contribution in [3.05, 3.63) is 95.6 Å². The number of hydrogen-bond donors (Lipinski definition) is 2. The van der Waals surface area contributed by atoms with Crippen LogP contribution < -0.4 is 56.8 Å². The Labute approximate surface area is 416 Å². The van der Waals surface area contributed by atoms with Crippen molar-refractivity contribution in [2.75, 3.05) is 85.3 Å². The van der Waals surface area contributed by atoms with Gasteiger partial charge in [0.05, 0.1) is 108 Å². The van der Waals surface area contributed by atoms with Gasteiger partial charge in [0.2, 0.25) is 23.0 Å². The molecule has 9 rings (SSSR count). The Morgan fingerprint density at radius 2 is 0.542 bits per heavy atom. The lowest BCUT2D eigenvalue weighted by molar-refractivity contribution is 0.324. The van der Waals surface area contributed by atoms with E-state index in [0.717, 1.165) is 78.0 Å². The van der Waals surface area contributed by atoms with E-state index in [4.69, 9.17) is 66.8 Å². The van der Waals surface area contributed by atoms with Crippen molar-refractivity contribution in [1.29, 1.82) is 0 Å². The van der Waals surface area contributed by atoms with Crippen LogP contribution in [0.4, 0.5) is 0 Å². The number of aryl methyl sites for hydroxylation is 2. The lowest BCUT2D eigenvalue weighted by Crippen LogP contribution is -1.97. The van der Waals surface area contributed by atoms with E-state index in [9.17, 15) is 0 Å². The fourth-order valence-electron chi connectivity index (χ4n) is 9.63. The van der Waals surface area contributed by atoms with Gasteiger partial charge in [0.1, 0.15) is 0 Å². The summed E-state index contributed by atoms with van der Waals surface area (Å²) in [4.78, 5) is 18.7. The minimum Gasteiger partial charge on any atom is -0.493 e. The molecule has 72 heavy (non-hydrogen) atoms. The Hall–Kier alpha value is -8.66. The standard InChI is InChI=1S/C56H56N4O12/c1-61-41-21-29(22-42(62-2)53(41)69-9)49-33-13-15-35(57-33)50(30-23-43(63-3)54(70-10)44(24-30)64-4)37-17-19-39(59-37)52(32-27-47(67-7)56(72-12)48(28-32)68-8)40-20-18-38(60-40)51(36-16-14-34(49)58-36)31-25-45(65-5)55(71-11)46(26-31)66-6/h13-17,19,21-28,58-59H,18,20H2,1-12H3. The monoisotopic (exact) mass is 976 g/mol. The zero-order valence-electron chi connectivity index (χ0n) is 42.3. The number of rotatable bonds is 16. The molecule has 3 aromatic heterocycles. The molecule has 0 atom stereocenters. The maximum absolute atomic E-state index is 5.92. The number of benzene rings is 4. The van der Waals surface area contributed by atoms with Gasteiger partial charge in [-0.2, -0.15) is 0 Å². The number of nitrogens with zero attached hydrogens (tertiary/aromatic N) is 2. The average Bonchev–Trinajstić information content (AvgIpc) is 4.28. The van der Waals surface area contributed by atoms with Crippen LogP contribution in [0.3, 0.4) is 0 Å². The summed E-state index contributed by atoms with van der Waals surface area (Å²) in [7, 11) is 19.1. The number of nitrogens with one attached hydrogen (secondary N) is 2. The van der Waals surface area contributed by atoms with Crippen LogP contribution in [0.2, 0.25) is 0 Å². The number of methoxy groups -OCH3 is 12. The van der Waals surface area contributed by atoms with Crippen molar-refractivity contribution in [3.8, 4) is 114 Å². The predicted octanol–water partition coefficient (Wildman–Crippen LogP) is 11.0. The first kappa shape index (κ1) is 48.4. The zero-order chi connectivity index (χ0) is 50.8. The molecular weight excluding hydrogens is 921 g/mol. The number of aromatic nitrogens is 4. The van der Waals surface area contributed by atoms with Crippen LogP contribution in [0, 0.1) is 0 Å². The molecule has 0 unspecified atom stereocenters. The molecule has 0 fully saturated rings. The number of ether oxygens (including phenoxy) is 12. The lowest BCUT2D eigenvalue weighted by Gasteiger charge is -2.15. The van der Waals surface area contributed by atoms with Crippen LogP contribution in [0.15, 0.2) is 72.8 Å². The molecular formula is C56H56N4O12. The summed E-state index contributed by atoms with van der Waals surface area (Å²) in [5, 5.41) is 0. The third-order valence-corrected chi connectivity index (χ3v) is 12.9. The Morgan fingerprint density at radius 1 is 0.306 bits per heavy atom. The van der Waals surface area contributed by atoms with Gasteiger partial charge in [-0.3, -0.25) is 4.98 Å². The van der Waals surface area contributed by atoms with E-state index >= 15 is 0 Å². The molecule has 2 aliphatic rings. The van der Waals surface area contributed by atoms with Gasteiger partial charge >= 0.3 is 0 Å². The smallest absolute Gasteiger partial charge is 0.203 e. The van der Waals surface area contributed by atoms with Crippen molar-refractivity contribution in [2.24, 2.45) is 0 Å². The Kier molecular flexibility index (Phi) is 13.7. The highest BCUT2D eigenvalue weighted by molar-refractivity contribution is 5.98. The van der Waals surface area contributed by atoms with E-state index in [0.29, 0.717) is 93.2 Å². The van der Waals surface area contributed by atoms with Crippen LogP contribution in [0.1, 0.15) is 22.8 Å². The van der Waals surface area contributed by atoms with Crippen LogP contribution in [-0.2, 0) is 12.8 Å². The number of hydrogen-bond acceptors (Lipinski definition) is 14. The van der Waals surface area contributed by atoms with Crippen LogP contribution in [0.25, 0.3) is 78.7 Å². The molecule has 0 amide bonds. The molecule has 2 aliphatic heterocycles. The molecule has 0 aliphatic carbocycles. The van der Waals surface area contributed by atoms with E-state index in [1.807, 2.05) is 84.9 Å². The molecule has 2 N–H and O–H groups in total. The van der Waals surface area contributed by atoms with E-state index in [-0.39, 0.29) is 0 Å². The quantitative estimate of drug-likeness (QED) is 0.0938. The van der Waals surface area contributed by atoms with Gasteiger partial charge in [-0.25, -0.2) is 4.98 Å². The molecule has 4 aromatic carbocycles. The molecule has 0 saturated heterocycles. The molecule has 7 aromatic rings. The first-order chi connectivity index (χ1) is 35.1. The number of H-pyrrole nitrogens is 2. The van der Waals surface area contributed by atoms with E-state index in [1.54, 1.807) is 85.3 Å². The third-order valence-electron chi connectivity index (χ3n) is 12.9. The second-order valence-electron chi connectivity index (χ2n) is 16.4. The zero-order valence-corrected chi connectivity index (χ0v) is 42.3. The maximum Gasteiger partial charge on any atom is 0.203 e. The predicted molar refractivity (Wildman–Crippen MR) is 278 cm³/mol. The van der Waals surface area contributed by atoms with Crippen molar-refractivity contribution < 1.29 is 56.8 Å². The summed E-state index contributed by atoms with van der Waals surface area (Å²) in [6, 6.07) is 23.6. The molecule has 0 spiro atoms. The Morgan fingerprint density at radius 3 is 0.778 bits per heavy atom. The highest BCUT2D eigenvalue weighted by Crippen LogP contribution is 2.49. The summed E-state index contributed by atoms with van der Waals surface area (Å²) < 4.78 is 70.4. The van der Waals surface area contributed by atoms with Gasteiger partial charge in [0.25, 0.3) is 0 Å². The molecule has 8 bridgehead atoms. The van der Waals surface area contributed by atoms with E-state index in [1.165, 1.54) is 0 Å². The van der Waals surface area contributed by atoms with Crippen LogP contribution in [-0.4, -0.2) is 105 Å². The largest absolute Gasteiger partial charge is 0.493 e. The van der Waals surface area contributed by atoms with Crippen LogP contribution >= 0.6 is 0 Å². The van der Waals surface area contributed by atoms with Gasteiger partial charge in [0, 0.05) is 44.3 Å². The molecule has 5 heterocycles. The van der Waals surface area contributed by atoms with Gasteiger partial charge in [-0.05, 0) is 120 Å². The van der Waals surface area contributed by atoms with Gasteiger partial charge in [0.15, 0.2) is 46.0 Å². The molecule has 372 valence electrons. The summed E-state index contributed by atoms with van der Waals surface area (Å²) in [6.07, 6.45) is 5.12. The minimum atomic E-state index is 0.452. The molecule has 0 saturated carbocycles. The number of fused-ring (bicyclic) bond motifs is 8. The third kappa shape index (κ3) is 8.37. The van der Waals surface area contributed by atoms with Gasteiger partial charge < -0.3 is 66.8 Å². The second kappa shape index (κ2) is 20.4. The van der Waals surface area contributed by atoms with E-state index in [2.05, 4.69) is 9.97 Å². The van der Waals surface area contributed by atoms with Crippen molar-refractivity contribution in [2.45, 2.75) is 12.8 Å². The maximum atomic E-state index is 5.92.